The first-order chi connectivity index (χ1) is 20.3. The smallest absolute Gasteiger partial charge is 0.338 e. The maximum atomic E-state index is 13.9. The Bertz CT molecular complexity index is 1300. The van der Waals surface area contributed by atoms with Gasteiger partial charge >= 0.3 is 5.97 Å². The zero-order valence-electron chi connectivity index (χ0n) is 25.0. The Hall–Kier alpha value is -3.64. The van der Waals surface area contributed by atoms with Crippen LogP contribution in [-0.2, 0) is 14.3 Å². The van der Waals surface area contributed by atoms with Crippen molar-refractivity contribution < 1.29 is 23.8 Å². The highest BCUT2D eigenvalue weighted by molar-refractivity contribution is 5.90. The van der Waals surface area contributed by atoms with Gasteiger partial charge in [-0.15, -0.1) is 0 Å². The number of amides is 1. The Balaban J connectivity index is 1.30. The summed E-state index contributed by atoms with van der Waals surface area (Å²) < 4.78 is 17.8. The van der Waals surface area contributed by atoms with E-state index in [1.165, 1.54) is 38.5 Å². The van der Waals surface area contributed by atoms with Crippen molar-refractivity contribution in [2.75, 3.05) is 20.3 Å². The molecule has 1 N–H and O–H groups in total. The number of hydrogen-bond donors (Lipinski definition) is 1. The molecule has 6 nitrogen and oxygen atoms in total. The van der Waals surface area contributed by atoms with Crippen LogP contribution in [-0.4, -0.2) is 37.8 Å². The van der Waals surface area contributed by atoms with Gasteiger partial charge in [-0.3, -0.25) is 4.79 Å². The zero-order valence-corrected chi connectivity index (χ0v) is 25.0. The topological polar surface area (TPSA) is 73.9 Å². The van der Waals surface area contributed by atoms with E-state index in [0.717, 1.165) is 29.4 Å². The van der Waals surface area contributed by atoms with Crippen molar-refractivity contribution in [1.82, 2.24) is 5.32 Å². The maximum absolute atomic E-state index is 13.9. The third-order valence-corrected chi connectivity index (χ3v) is 9.42. The highest BCUT2D eigenvalue weighted by Gasteiger charge is 2.41. The Morgan fingerprint density at radius 3 is 2.05 bits per heavy atom. The van der Waals surface area contributed by atoms with Crippen LogP contribution in [0.5, 0.6) is 5.75 Å². The molecule has 0 saturated heterocycles. The molecular formula is C36H43NO5. The van der Waals surface area contributed by atoms with E-state index in [0.29, 0.717) is 11.0 Å². The predicted octanol–water partition coefficient (Wildman–Crippen LogP) is 7.26. The van der Waals surface area contributed by atoms with Gasteiger partial charge in [0.25, 0.3) is 0 Å². The number of carbonyl (C=O) groups is 2. The Morgan fingerprint density at radius 1 is 0.857 bits per heavy atom. The lowest BCUT2D eigenvalue weighted by Gasteiger charge is -2.46. The molecule has 0 spiro atoms. The van der Waals surface area contributed by atoms with Crippen LogP contribution >= 0.6 is 0 Å². The van der Waals surface area contributed by atoms with E-state index >= 15 is 0 Å². The summed E-state index contributed by atoms with van der Waals surface area (Å²) >= 11 is 0. The molecule has 0 aromatic heterocycles. The van der Waals surface area contributed by atoms with Gasteiger partial charge in [-0.2, -0.15) is 0 Å². The summed E-state index contributed by atoms with van der Waals surface area (Å²) in [6, 6.07) is 25.7. The predicted molar refractivity (Wildman–Crippen MR) is 163 cm³/mol. The minimum Gasteiger partial charge on any atom is -0.493 e. The first-order valence-electron chi connectivity index (χ1n) is 15.1. The molecule has 1 unspecified atom stereocenters. The zero-order chi connectivity index (χ0) is 29.6. The van der Waals surface area contributed by atoms with Gasteiger partial charge in [-0.1, -0.05) is 60.7 Å². The standard InChI is InChI=1S/C36H43NO5/c1-35(2,40-3)32(28-14-16-30(17-15-28)42-25-36-21-18-26(19-22-36)20-23-36)37-33(38)31(27-10-6-4-7-11-27)24-41-34(39)29-12-8-5-9-13-29/h4-17,26,31-32H,18-25H2,1-3H3,(H,37,38)/t26?,31-,32?,36?/m0/s1. The van der Waals surface area contributed by atoms with Crippen LogP contribution in [0.3, 0.4) is 0 Å². The number of rotatable bonds is 12. The average Bonchev–Trinajstić information content (AvgIpc) is 3.04. The van der Waals surface area contributed by atoms with E-state index in [9.17, 15) is 9.59 Å². The van der Waals surface area contributed by atoms with Gasteiger partial charge in [0.1, 0.15) is 12.4 Å². The quantitative estimate of drug-likeness (QED) is 0.233. The van der Waals surface area contributed by atoms with Crippen LogP contribution in [0.25, 0.3) is 0 Å². The number of fused-ring (bicyclic) bond motifs is 3. The monoisotopic (exact) mass is 569 g/mol. The highest BCUT2D eigenvalue weighted by Crippen LogP contribution is 2.50. The van der Waals surface area contributed by atoms with Gasteiger partial charge in [0, 0.05) is 12.5 Å². The van der Waals surface area contributed by atoms with Crippen molar-refractivity contribution in [3.8, 4) is 5.75 Å². The molecule has 42 heavy (non-hydrogen) atoms. The van der Waals surface area contributed by atoms with Crippen LogP contribution in [0.15, 0.2) is 84.9 Å². The van der Waals surface area contributed by atoms with Gasteiger partial charge in [-0.05, 0) is 93.7 Å². The third kappa shape index (κ3) is 7.04. The molecule has 2 bridgehead atoms. The fraction of sp³-hybridized carbons (Fsp3) is 0.444. The second-order valence-electron chi connectivity index (χ2n) is 12.5. The minimum atomic E-state index is -0.709. The highest BCUT2D eigenvalue weighted by atomic mass is 16.5. The summed E-state index contributed by atoms with van der Waals surface area (Å²) in [7, 11) is 1.64. The van der Waals surface area contributed by atoms with E-state index in [1.54, 1.807) is 31.4 Å². The van der Waals surface area contributed by atoms with Gasteiger partial charge in [-0.25, -0.2) is 4.79 Å². The van der Waals surface area contributed by atoms with E-state index in [2.05, 4.69) is 5.32 Å². The molecule has 3 saturated carbocycles. The first-order valence-corrected chi connectivity index (χ1v) is 15.1. The maximum Gasteiger partial charge on any atom is 0.338 e. The molecule has 3 aromatic rings. The molecule has 2 atom stereocenters. The SMILES string of the molecule is COC(C)(C)C(NC(=O)[C@@H](COC(=O)c1ccccc1)c1ccccc1)c1ccc(OCC23CCC(CC2)CC3)cc1. The fourth-order valence-corrected chi connectivity index (χ4v) is 6.39. The van der Waals surface area contributed by atoms with Crippen LogP contribution in [0, 0.1) is 11.3 Å². The lowest BCUT2D eigenvalue weighted by molar-refractivity contribution is -0.126. The van der Waals surface area contributed by atoms with Crippen molar-refractivity contribution in [2.45, 2.75) is 69.9 Å². The lowest BCUT2D eigenvalue weighted by atomic mass is 9.61. The number of hydrogen-bond acceptors (Lipinski definition) is 5. The molecule has 3 aliphatic rings. The first kappa shape index (κ1) is 29.8. The summed E-state index contributed by atoms with van der Waals surface area (Å²) in [6.07, 6.45) is 7.83. The molecule has 0 radical (unpaired) electrons. The lowest BCUT2D eigenvalue weighted by Crippen LogP contribution is -2.45. The Kier molecular flexibility index (Phi) is 9.32. The van der Waals surface area contributed by atoms with E-state index in [1.807, 2.05) is 74.5 Å². The molecule has 3 aliphatic carbocycles. The number of esters is 1. The van der Waals surface area contributed by atoms with Crippen LogP contribution in [0.1, 0.15) is 85.8 Å². The summed E-state index contributed by atoms with van der Waals surface area (Å²) in [4.78, 5) is 26.6. The molecule has 6 rings (SSSR count). The van der Waals surface area contributed by atoms with E-state index < -0.39 is 23.5 Å². The molecule has 3 fully saturated rings. The molecule has 3 aromatic carbocycles. The van der Waals surface area contributed by atoms with Crippen LogP contribution in [0.4, 0.5) is 0 Å². The van der Waals surface area contributed by atoms with Gasteiger partial charge in [0.05, 0.1) is 29.7 Å². The molecule has 0 heterocycles. The van der Waals surface area contributed by atoms with Crippen LogP contribution < -0.4 is 10.1 Å². The number of benzene rings is 3. The number of ether oxygens (including phenoxy) is 3. The second kappa shape index (κ2) is 13.1. The van der Waals surface area contributed by atoms with E-state index in [4.69, 9.17) is 14.2 Å². The van der Waals surface area contributed by atoms with Crippen LogP contribution in [0.2, 0.25) is 0 Å². The normalized spacial score (nSPS) is 21.3. The second-order valence-corrected chi connectivity index (χ2v) is 12.5. The Morgan fingerprint density at radius 2 is 1.45 bits per heavy atom. The van der Waals surface area contributed by atoms with Gasteiger partial charge < -0.3 is 19.5 Å². The van der Waals surface area contributed by atoms with Crippen molar-refractivity contribution in [3.63, 3.8) is 0 Å². The largest absolute Gasteiger partial charge is 0.493 e. The van der Waals surface area contributed by atoms with Crippen molar-refractivity contribution in [2.24, 2.45) is 11.3 Å². The van der Waals surface area contributed by atoms with Crippen molar-refractivity contribution in [3.05, 3.63) is 102 Å². The molecule has 222 valence electrons. The fourth-order valence-electron chi connectivity index (χ4n) is 6.39. The van der Waals surface area contributed by atoms with Crippen molar-refractivity contribution in [1.29, 1.82) is 0 Å². The molecule has 0 aliphatic heterocycles. The minimum absolute atomic E-state index is 0.0843. The van der Waals surface area contributed by atoms with E-state index in [-0.39, 0.29) is 12.5 Å². The van der Waals surface area contributed by atoms with Gasteiger partial charge in [0.2, 0.25) is 5.91 Å². The number of nitrogens with one attached hydrogen (secondary N) is 1. The third-order valence-electron chi connectivity index (χ3n) is 9.42. The van der Waals surface area contributed by atoms with Gasteiger partial charge in [0.15, 0.2) is 0 Å². The molecular weight excluding hydrogens is 526 g/mol. The summed E-state index contributed by atoms with van der Waals surface area (Å²) in [5.41, 5.74) is 1.75. The Labute approximate surface area is 249 Å². The summed E-state index contributed by atoms with van der Waals surface area (Å²) in [6.45, 7) is 4.59. The van der Waals surface area contributed by atoms with Crippen molar-refractivity contribution >= 4 is 11.9 Å². The molecule has 6 heteroatoms. The number of methoxy groups -OCH3 is 1. The average molecular weight is 570 g/mol. The summed E-state index contributed by atoms with van der Waals surface area (Å²) in [5.74, 6) is 0.372. The number of carbonyl (C=O) groups excluding carboxylic acids is 2. The molecule has 1 amide bonds. The summed E-state index contributed by atoms with van der Waals surface area (Å²) in [5, 5.41) is 3.21.